The smallest absolute Gasteiger partial charge is 0.433 e. The molecule has 1 N–H and O–H groups in total. The van der Waals surface area contributed by atoms with Gasteiger partial charge in [0.1, 0.15) is 5.69 Å². The van der Waals surface area contributed by atoms with Crippen molar-refractivity contribution in [2.75, 3.05) is 7.11 Å². The van der Waals surface area contributed by atoms with E-state index >= 15 is 0 Å². The van der Waals surface area contributed by atoms with Gasteiger partial charge in [-0.25, -0.2) is 9.36 Å². The van der Waals surface area contributed by atoms with Crippen molar-refractivity contribution in [3.63, 3.8) is 0 Å². The Morgan fingerprint density at radius 1 is 1.09 bits per heavy atom. The molecule has 2 aromatic heterocycles. The third kappa shape index (κ3) is 4.97. The fourth-order valence-corrected chi connectivity index (χ4v) is 3.24. The second-order valence-electron chi connectivity index (χ2n) is 6.82. The van der Waals surface area contributed by atoms with E-state index in [4.69, 9.17) is 14.3 Å². The molecular formula is C22H18F3N5O4. The Bertz CT molecular complexity index is 1310. The SMILES string of the molecule is CCc1cnn(-c2ccc(-c3cn(-c4ccc(O)c(OC)c4)nn3)cc2)c1C(F)(F)F.O=C=O. The lowest BCUT2D eigenvalue weighted by molar-refractivity contribution is -0.191. The van der Waals surface area contributed by atoms with Crippen LogP contribution in [0.15, 0.2) is 54.9 Å². The van der Waals surface area contributed by atoms with Gasteiger partial charge in [0.25, 0.3) is 0 Å². The van der Waals surface area contributed by atoms with E-state index in [9.17, 15) is 18.3 Å². The van der Waals surface area contributed by atoms with Crippen molar-refractivity contribution in [1.82, 2.24) is 24.8 Å². The molecule has 0 aliphatic rings. The van der Waals surface area contributed by atoms with E-state index in [1.54, 1.807) is 49.5 Å². The van der Waals surface area contributed by atoms with Crippen LogP contribution in [-0.4, -0.2) is 43.1 Å². The van der Waals surface area contributed by atoms with Crippen LogP contribution in [0.5, 0.6) is 11.5 Å². The molecule has 0 saturated carbocycles. The zero-order valence-electron chi connectivity index (χ0n) is 17.9. The standard InChI is InChI=1S/C21H18F3N5O2.CO2/c1-3-13-11-25-29(20(13)21(22,23)24)15-6-4-14(5-7-15)17-12-28(27-26-17)16-8-9-18(30)19(10-16)31-2;2-1-3/h4-12,30H,3H2,1-2H3;. The highest BCUT2D eigenvalue weighted by Crippen LogP contribution is 2.34. The lowest BCUT2D eigenvalue weighted by atomic mass is 10.1. The van der Waals surface area contributed by atoms with Gasteiger partial charge < -0.3 is 9.84 Å². The molecule has 176 valence electrons. The van der Waals surface area contributed by atoms with E-state index < -0.39 is 11.9 Å². The van der Waals surface area contributed by atoms with E-state index in [1.807, 2.05) is 0 Å². The number of aromatic nitrogens is 5. The van der Waals surface area contributed by atoms with Gasteiger partial charge in [-0.1, -0.05) is 24.3 Å². The number of nitrogens with zero attached hydrogens (tertiary/aromatic N) is 5. The molecule has 0 bridgehead atoms. The van der Waals surface area contributed by atoms with Crippen molar-refractivity contribution >= 4 is 6.15 Å². The number of phenols is 1. The highest BCUT2D eigenvalue weighted by molar-refractivity contribution is 5.60. The molecule has 0 radical (unpaired) electrons. The zero-order valence-corrected chi connectivity index (χ0v) is 17.9. The molecule has 0 spiro atoms. The van der Waals surface area contributed by atoms with Crippen molar-refractivity contribution in [3.8, 4) is 34.1 Å². The monoisotopic (exact) mass is 473 g/mol. The highest BCUT2D eigenvalue weighted by atomic mass is 19.4. The van der Waals surface area contributed by atoms with Crippen LogP contribution in [0.2, 0.25) is 0 Å². The predicted molar refractivity (Wildman–Crippen MR) is 112 cm³/mol. The minimum Gasteiger partial charge on any atom is -0.504 e. The van der Waals surface area contributed by atoms with Crippen LogP contribution in [0.3, 0.4) is 0 Å². The number of hydrogen-bond acceptors (Lipinski definition) is 7. The number of aryl methyl sites for hydroxylation is 1. The second-order valence-corrected chi connectivity index (χ2v) is 6.82. The second kappa shape index (κ2) is 10.0. The first-order valence-electron chi connectivity index (χ1n) is 9.77. The number of methoxy groups -OCH3 is 1. The van der Waals surface area contributed by atoms with Crippen LogP contribution in [-0.2, 0) is 22.2 Å². The lowest BCUT2D eigenvalue weighted by Gasteiger charge is -2.12. The summed E-state index contributed by atoms with van der Waals surface area (Å²) in [7, 11) is 1.44. The molecule has 0 unspecified atom stereocenters. The summed E-state index contributed by atoms with van der Waals surface area (Å²) in [4.78, 5) is 16.2. The summed E-state index contributed by atoms with van der Waals surface area (Å²) in [5.41, 5.74) is 1.51. The summed E-state index contributed by atoms with van der Waals surface area (Å²) in [6.07, 6.45) is -1.11. The summed E-state index contributed by atoms with van der Waals surface area (Å²) in [5.74, 6) is 0.301. The highest BCUT2D eigenvalue weighted by Gasteiger charge is 2.38. The van der Waals surface area contributed by atoms with Crippen LogP contribution < -0.4 is 4.74 Å². The van der Waals surface area contributed by atoms with Crippen molar-refractivity contribution in [1.29, 1.82) is 0 Å². The number of hydrogen-bond donors (Lipinski definition) is 1. The Morgan fingerprint density at radius 3 is 2.32 bits per heavy atom. The Labute approximate surface area is 191 Å². The Morgan fingerprint density at radius 2 is 1.74 bits per heavy atom. The zero-order chi connectivity index (χ0) is 24.9. The number of halogens is 3. The molecule has 0 atom stereocenters. The summed E-state index contributed by atoms with van der Waals surface area (Å²) in [6, 6.07) is 11.2. The van der Waals surface area contributed by atoms with E-state index in [2.05, 4.69) is 15.4 Å². The summed E-state index contributed by atoms with van der Waals surface area (Å²) < 4.78 is 48.0. The van der Waals surface area contributed by atoms with Crippen LogP contribution >= 0.6 is 0 Å². The minimum absolute atomic E-state index is 0.00487. The topological polar surface area (TPSA) is 112 Å². The van der Waals surface area contributed by atoms with Crippen molar-refractivity contribution in [2.45, 2.75) is 19.5 Å². The number of ether oxygens (including phenoxy) is 1. The minimum atomic E-state index is -4.51. The molecule has 2 aromatic carbocycles. The van der Waals surface area contributed by atoms with E-state index in [0.717, 1.165) is 4.68 Å². The van der Waals surface area contributed by atoms with Crippen molar-refractivity contribution in [3.05, 3.63) is 66.1 Å². The molecule has 0 aliphatic heterocycles. The first-order valence-corrected chi connectivity index (χ1v) is 9.77. The van der Waals surface area contributed by atoms with Gasteiger partial charge in [-0.05, 0) is 30.7 Å². The quantitative estimate of drug-likeness (QED) is 0.469. The molecule has 12 heteroatoms. The van der Waals surface area contributed by atoms with Gasteiger partial charge in [-0.3, -0.25) is 0 Å². The summed E-state index contributed by atoms with van der Waals surface area (Å²) >= 11 is 0. The third-order valence-electron chi connectivity index (χ3n) is 4.82. The average Bonchev–Trinajstić information content (AvgIpc) is 3.47. The van der Waals surface area contributed by atoms with Crippen LogP contribution in [0.25, 0.3) is 22.6 Å². The summed E-state index contributed by atoms with van der Waals surface area (Å²) in [5, 5.41) is 21.8. The molecule has 0 saturated heterocycles. The van der Waals surface area contributed by atoms with Gasteiger partial charge in [0.2, 0.25) is 0 Å². The Kier molecular flexibility index (Phi) is 7.12. The fraction of sp³-hybridized carbons (Fsp3) is 0.182. The number of alkyl halides is 3. The number of rotatable bonds is 5. The average molecular weight is 473 g/mol. The maximum atomic E-state index is 13.5. The number of phenolic OH excluding ortho intramolecular Hbond substituents is 1. The van der Waals surface area contributed by atoms with Gasteiger partial charge in [0.15, 0.2) is 17.2 Å². The maximum Gasteiger partial charge on any atom is 0.433 e. The predicted octanol–water partition coefficient (Wildman–Crippen LogP) is 3.83. The summed E-state index contributed by atoms with van der Waals surface area (Å²) in [6.45, 7) is 1.66. The third-order valence-corrected chi connectivity index (χ3v) is 4.82. The first-order chi connectivity index (χ1) is 16.2. The Hall–Kier alpha value is -4.44. The van der Waals surface area contributed by atoms with Crippen molar-refractivity contribution < 1.29 is 32.6 Å². The van der Waals surface area contributed by atoms with Gasteiger partial charge in [-0.2, -0.15) is 27.9 Å². The lowest BCUT2D eigenvalue weighted by Crippen LogP contribution is -2.15. The normalized spacial score (nSPS) is 10.9. The maximum absolute atomic E-state index is 13.5. The molecule has 0 amide bonds. The van der Waals surface area contributed by atoms with Crippen LogP contribution in [0.1, 0.15) is 18.2 Å². The van der Waals surface area contributed by atoms with Crippen molar-refractivity contribution in [2.24, 2.45) is 0 Å². The number of aromatic hydroxyl groups is 1. The van der Waals surface area contributed by atoms with E-state index in [1.165, 1.54) is 24.1 Å². The molecule has 0 fully saturated rings. The van der Waals surface area contributed by atoms with Gasteiger partial charge in [-0.15, -0.1) is 5.10 Å². The molecule has 9 nitrogen and oxygen atoms in total. The molecular weight excluding hydrogens is 455 g/mol. The van der Waals surface area contributed by atoms with E-state index in [-0.39, 0.29) is 23.9 Å². The molecule has 4 aromatic rings. The van der Waals surface area contributed by atoms with Gasteiger partial charge >= 0.3 is 12.3 Å². The Balaban J connectivity index is 0.00000103. The molecule has 0 aliphatic carbocycles. The van der Waals surface area contributed by atoms with Crippen LogP contribution in [0, 0.1) is 0 Å². The molecule has 4 rings (SSSR count). The fourth-order valence-electron chi connectivity index (χ4n) is 3.24. The first kappa shape index (κ1) is 24.2. The van der Waals surface area contributed by atoms with Gasteiger partial charge in [0.05, 0.1) is 30.9 Å². The van der Waals surface area contributed by atoms with Crippen LogP contribution in [0.4, 0.5) is 13.2 Å². The van der Waals surface area contributed by atoms with Gasteiger partial charge in [0, 0.05) is 17.2 Å². The number of carbonyl (C=O) groups excluding carboxylic acids is 2. The van der Waals surface area contributed by atoms with E-state index in [0.29, 0.717) is 28.4 Å². The molecule has 34 heavy (non-hydrogen) atoms. The molecule has 2 heterocycles. The number of benzene rings is 2. The largest absolute Gasteiger partial charge is 0.504 e.